The van der Waals surface area contributed by atoms with E-state index in [2.05, 4.69) is 0 Å². The number of phenolic OH excluding ortho intramolecular Hbond substituents is 3. The van der Waals surface area contributed by atoms with Crippen molar-refractivity contribution in [2.75, 3.05) is 26.4 Å². The van der Waals surface area contributed by atoms with Crippen LogP contribution in [0.15, 0.2) is 45.6 Å². The van der Waals surface area contributed by atoms with Crippen LogP contribution in [0.5, 0.6) is 23.0 Å². The molecular weight excluding hydrogens is 1020 g/mol. The zero-order valence-corrected chi connectivity index (χ0v) is 39.2. The molecule has 25 atom stereocenters. The lowest BCUT2D eigenvalue weighted by Gasteiger charge is -2.49. The van der Waals surface area contributed by atoms with Gasteiger partial charge in [-0.25, -0.2) is 0 Å². The standard InChI is InChI=1S/C45H60O30/c1-12-23(52)27(56)31(60)41(66-12)65-11-21-38(73-44-34(63)30(59)37(20(10-48)70-44)72-42-32(61)28(57)24(53)18(8-46)68-42)35(64)40(75-43-33(62)29(58)25(54)19(9-47)69-43)45(71-21)74-39-26(55)22-16(51)6-15(50)7-17(22)67-36(39)13-2-4-14(49)5-3-13/h2-7,12,18-21,23-25,27-35,37-38,40-54,56-64H,8-11H2,1H3/t12?,18?,19?,20?,21?,23-,24+,25-,27-,28-,29-,30+,31?,32?,33?,34?,35-,37+,38+,40?,41+,42+,43-,44+,45-/m0/s1. The zero-order valence-electron chi connectivity index (χ0n) is 39.2. The second-order valence-electron chi connectivity index (χ2n) is 18.5. The minimum Gasteiger partial charge on any atom is -0.508 e. The fourth-order valence-electron chi connectivity index (χ4n) is 9.23. The van der Waals surface area contributed by atoms with Crippen LogP contribution in [0.3, 0.4) is 0 Å². The van der Waals surface area contributed by atoms with Crippen molar-refractivity contribution in [3.8, 4) is 34.3 Å². The third kappa shape index (κ3) is 11.3. The monoisotopic (exact) mass is 1080 g/mol. The van der Waals surface area contributed by atoms with E-state index in [1.165, 1.54) is 31.2 Å². The Bertz CT molecular complexity index is 2420. The highest BCUT2D eigenvalue weighted by Crippen LogP contribution is 2.40. The molecule has 1 aromatic heterocycles. The van der Waals surface area contributed by atoms with Crippen LogP contribution in [0.2, 0.25) is 0 Å². The van der Waals surface area contributed by atoms with Gasteiger partial charge in [0.25, 0.3) is 0 Å². The fourth-order valence-corrected chi connectivity index (χ4v) is 9.23. The molecular formula is C45H60O30. The number of ether oxygens (including phenoxy) is 10. The second-order valence-corrected chi connectivity index (χ2v) is 18.5. The molecule has 0 spiro atoms. The van der Waals surface area contributed by atoms with E-state index in [1.54, 1.807) is 0 Å². The van der Waals surface area contributed by atoms with E-state index in [0.29, 0.717) is 0 Å². The Morgan fingerprint density at radius 2 is 0.960 bits per heavy atom. The van der Waals surface area contributed by atoms with E-state index in [-0.39, 0.29) is 11.3 Å². The van der Waals surface area contributed by atoms with Gasteiger partial charge in [0.15, 0.2) is 37.0 Å². The summed E-state index contributed by atoms with van der Waals surface area (Å²) in [4.78, 5) is 14.5. The van der Waals surface area contributed by atoms with Gasteiger partial charge in [0.2, 0.25) is 17.5 Å². The Morgan fingerprint density at radius 1 is 0.480 bits per heavy atom. The Morgan fingerprint density at radius 3 is 1.52 bits per heavy atom. The zero-order chi connectivity index (χ0) is 54.5. The summed E-state index contributed by atoms with van der Waals surface area (Å²) in [6, 6.07) is 6.68. The molecule has 5 aliphatic rings. The van der Waals surface area contributed by atoms with Gasteiger partial charge in [-0.1, -0.05) is 0 Å². The van der Waals surface area contributed by atoms with Gasteiger partial charge in [-0.15, -0.1) is 0 Å². The highest BCUT2D eigenvalue weighted by molar-refractivity contribution is 5.88. The molecule has 5 fully saturated rings. The number of phenols is 3. The summed E-state index contributed by atoms with van der Waals surface area (Å²) in [6.45, 7) is -2.51. The number of aliphatic hydroxyl groups is 15. The molecule has 0 aliphatic carbocycles. The average Bonchev–Trinajstić information content (AvgIpc) is 3.39. The van der Waals surface area contributed by atoms with Crippen molar-refractivity contribution in [1.29, 1.82) is 0 Å². The number of benzene rings is 2. The lowest BCUT2D eigenvalue weighted by atomic mass is 9.95. The second kappa shape index (κ2) is 23.5. The first kappa shape index (κ1) is 57.1. The van der Waals surface area contributed by atoms with Crippen molar-refractivity contribution >= 4 is 11.0 Å². The Kier molecular flexibility index (Phi) is 17.9. The summed E-state index contributed by atoms with van der Waals surface area (Å²) in [6.07, 6.45) is -48.6. The minimum absolute atomic E-state index is 0.000965. The van der Waals surface area contributed by atoms with E-state index < -0.39 is 219 Å². The van der Waals surface area contributed by atoms with Crippen molar-refractivity contribution < 1.29 is 144 Å². The Balaban J connectivity index is 1.19. The topological polar surface area (TPSA) is 487 Å². The largest absolute Gasteiger partial charge is 0.508 e. The fraction of sp³-hybridized carbons (Fsp3) is 0.667. The summed E-state index contributed by atoms with van der Waals surface area (Å²) in [5.74, 6) is -2.92. The molecule has 30 nitrogen and oxygen atoms in total. The first-order valence-electron chi connectivity index (χ1n) is 23.4. The van der Waals surface area contributed by atoms with Gasteiger partial charge in [0.1, 0.15) is 138 Å². The number of hydrogen-bond donors (Lipinski definition) is 18. The molecule has 0 radical (unpaired) electrons. The van der Waals surface area contributed by atoms with Crippen LogP contribution < -0.4 is 10.2 Å². The summed E-state index contributed by atoms with van der Waals surface area (Å²) in [7, 11) is 0. The molecule has 0 bridgehead atoms. The highest BCUT2D eigenvalue weighted by atomic mass is 16.8. The maximum atomic E-state index is 14.5. The van der Waals surface area contributed by atoms with Crippen molar-refractivity contribution in [2.45, 2.75) is 160 Å². The maximum absolute atomic E-state index is 14.5. The predicted molar refractivity (Wildman–Crippen MR) is 236 cm³/mol. The average molecular weight is 1080 g/mol. The SMILES string of the molecule is CC1O[C@@H](OCC2O[C@@H](Oc3c(-c4ccc(O)cc4)oc4cc(O)cc(O)c4c3=O)C(O[C@@H]3OC(CO)[C@H](O)[C@H](O)C3O)[C@@H](O)[C@@H]2O[C@H]2OC(CO)[C@@H](O[C@H]3OC(CO)[C@@H](O)[C@H](O)C3O)[C@H](O)C2O)C(O)[C@@H](O)[C@H]1O. The molecule has 0 saturated carbocycles. The molecule has 10 unspecified atom stereocenters. The number of fused-ring (bicyclic) bond motifs is 1. The van der Waals surface area contributed by atoms with Gasteiger partial charge >= 0.3 is 0 Å². The van der Waals surface area contributed by atoms with Crippen molar-refractivity contribution in [1.82, 2.24) is 0 Å². The van der Waals surface area contributed by atoms with E-state index in [9.17, 15) is 96.7 Å². The van der Waals surface area contributed by atoms with Crippen LogP contribution >= 0.6 is 0 Å². The Hall–Kier alpha value is -4.11. The van der Waals surface area contributed by atoms with Gasteiger partial charge in [-0.2, -0.15) is 0 Å². The predicted octanol–water partition coefficient (Wildman–Crippen LogP) is -7.92. The van der Waals surface area contributed by atoms with Crippen LogP contribution in [-0.4, -0.2) is 272 Å². The molecule has 5 saturated heterocycles. The minimum atomic E-state index is -2.35. The molecule has 75 heavy (non-hydrogen) atoms. The summed E-state index contributed by atoms with van der Waals surface area (Å²) in [5, 5.41) is 192. The molecule has 6 heterocycles. The van der Waals surface area contributed by atoms with Crippen LogP contribution in [0, 0.1) is 0 Å². The number of rotatable bonds is 15. The summed E-state index contributed by atoms with van der Waals surface area (Å²) in [5.41, 5.74) is -1.56. The molecule has 2 aromatic carbocycles. The first-order valence-corrected chi connectivity index (χ1v) is 23.4. The van der Waals surface area contributed by atoms with Crippen LogP contribution in [0.4, 0.5) is 0 Å². The van der Waals surface area contributed by atoms with E-state index in [4.69, 9.17) is 51.8 Å². The first-order chi connectivity index (χ1) is 35.6. The highest BCUT2D eigenvalue weighted by Gasteiger charge is 2.57. The molecule has 8 rings (SSSR count). The van der Waals surface area contributed by atoms with Crippen molar-refractivity contribution in [3.05, 3.63) is 46.6 Å². The molecule has 18 N–H and O–H groups in total. The molecule has 420 valence electrons. The van der Waals surface area contributed by atoms with Crippen LogP contribution in [0.1, 0.15) is 6.92 Å². The van der Waals surface area contributed by atoms with Gasteiger partial charge < -0.3 is 144 Å². The van der Waals surface area contributed by atoms with Gasteiger partial charge in [0, 0.05) is 17.7 Å². The van der Waals surface area contributed by atoms with Gasteiger partial charge in [-0.3, -0.25) is 4.79 Å². The van der Waals surface area contributed by atoms with Gasteiger partial charge in [0.05, 0.1) is 32.5 Å². The number of aliphatic hydroxyl groups excluding tert-OH is 15. The third-order valence-electron chi connectivity index (χ3n) is 13.5. The molecule has 3 aromatic rings. The number of aromatic hydroxyl groups is 3. The maximum Gasteiger partial charge on any atom is 0.239 e. The lowest BCUT2D eigenvalue weighted by Crippen LogP contribution is -2.68. The summed E-state index contributed by atoms with van der Waals surface area (Å²) >= 11 is 0. The van der Waals surface area contributed by atoms with Gasteiger partial charge in [-0.05, 0) is 31.2 Å². The third-order valence-corrected chi connectivity index (χ3v) is 13.5. The van der Waals surface area contributed by atoms with E-state index >= 15 is 0 Å². The Labute approximate surface area is 421 Å². The van der Waals surface area contributed by atoms with Crippen molar-refractivity contribution in [3.63, 3.8) is 0 Å². The lowest BCUT2D eigenvalue weighted by molar-refractivity contribution is -0.391. The van der Waals surface area contributed by atoms with Crippen molar-refractivity contribution in [2.24, 2.45) is 0 Å². The quantitative estimate of drug-likeness (QED) is 0.0672. The van der Waals surface area contributed by atoms with Crippen LogP contribution in [0.25, 0.3) is 22.3 Å². The molecule has 5 aliphatic heterocycles. The van der Waals surface area contributed by atoms with Crippen LogP contribution in [-0.2, 0) is 42.6 Å². The van der Waals surface area contributed by atoms with E-state index in [1.807, 2.05) is 0 Å². The normalized spacial score (nSPS) is 42.6. The molecule has 30 heteroatoms. The summed E-state index contributed by atoms with van der Waals surface area (Å²) < 4.78 is 64.4. The molecule has 0 amide bonds. The van der Waals surface area contributed by atoms with E-state index in [0.717, 1.165) is 12.1 Å². The number of hydrogen-bond acceptors (Lipinski definition) is 30. The smallest absolute Gasteiger partial charge is 0.239 e.